The summed E-state index contributed by atoms with van der Waals surface area (Å²) < 4.78 is 0. The Hall–Kier alpha value is -3.04. The molecule has 0 radical (unpaired) electrons. The van der Waals surface area contributed by atoms with Crippen LogP contribution in [0.4, 0.5) is 0 Å². The SMILES string of the molecule is C1=CCC=C1.CC.CC.CC.CC.CC.CC.CC.CC.CC.CC.CC.CC.[W+2].[W].[c-]1ccc(Cc2ccc(Cc3ccccc3)cc2)cc1.[c-]1ccccc1.c1ccccc1. The van der Waals surface area contributed by atoms with Crippen molar-refractivity contribution < 1.29 is 42.1 Å². The molecule has 5 aromatic rings. The summed E-state index contributed by atoms with van der Waals surface area (Å²) in [6.07, 6.45) is 11.5. The molecule has 1 aliphatic carbocycles. The molecular formula is C61H106W2. The smallest absolute Gasteiger partial charge is 0.184 e. The Morgan fingerprint density at radius 3 is 0.730 bits per heavy atom. The third-order valence-corrected chi connectivity index (χ3v) is 5.40. The topological polar surface area (TPSA) is 0 Å². The van der Waals surface area contributed by atoms with Gasteiger partial charge in [-0.15, -0.1) is 0 Å². The normalized spacial score (nSPS) is 7.37. The Bertz CT molecular complexity index is 1100. The van der Waals surface area contributed by atoms with Gasteiger partial charge in [0.15, 0.2) is 0 Å². The van der Waals surface area contributed by atoms with Crippen LogP contribution in [-0.4, -0.2) is 0 Å². The molecule has 0 amide bonds. The zero-order chi connectivity index (χ0) is 49.6. The van der Waals surface area contributed by atoms with E-state index in [-0.39, 0.29) is 42.1 Å². The van der Waals surface area contributed by atoms with E-state index >= 15 is 0 Å². The fourth-order valence-electron chi connectivity index (χ4n) is 3.50. The van der Waals surface area contributed by atoms with E-state index in [1.807, 2.05) is 245 Å². The molecular weight excluding hydrogens is 1100 g/mol. The maximum absolute atomic E-state index is 3.05. The van der Waals surface area contributed by atoms with Crippen molar-refractivity contribution in [3.63, 3.8) is 0 Å². The van der Waals surface area contributed by atoms with E-state index in [0.29, 0.717) is 0 Å². The standard InChI is InChI=1S/C20H17.C6H6.C6H5.C5H6.12C2H6.2W/c1-3-7-17(8-4-1)15-19-11-13-20(14-12-19)16-18-9-5-2-6-10-18;2*1-2-4-6-5-3-1;1-2-4-5-3-1;12*1-2;;/h1,3-14H,15-16H2;1-6H;1-5H;1-4H,5H2;12*1-2H3;;/q-1;;-1;;;;;;;;;;;;;;;+2. The van der Waals surface area contributed by atoms with Crippen LogP contribution in [0.2, 0.25) is 0 Å². The van der Waals surface area contributed by atoms with E-state index in [4.69, 9.17) is 0 Å². The molecule has 0 bridgehead atoms. The molecule has 63 heavy (non-hydrogen) atoms. The molecule has 1 aliphatic rings. The molecule has 0 N–H and O–H groups in total. The van der Waals surface area contributed by atoms with Crippen LogP contribution in [0.15, 0.2) is 170 Å². The Labute approximate surface area is 428 Å². The predicted molar refractivity (Wildman–Crippen MR) is 295 cm³/mol. The molecule has 0 fully saturated rings. The third-order valence-electron chi connectivity index (χ3n) is 5.40. The fourth-order valence-corrected chi connectivity index (χ4v) is 3.50. The van der Waals surface area contributed by atoms with Gasteiger partial charge in [0.1, 0.15) is 0 Å². The van der Waals surface area contributed by atoms with Crippen LogP contribution in [0.1, 0.15) is 195 Å². The minimum Gasteiger partial charge on any atom is -0.184 e. The van der Waals surface area contributed by atoms with E-state index < -0.39 is 0 Å². The van der Waals surface area contributed by atoms with Crippen molar-refractivity contribution in [2.75, 3.05) is 0 Å². The molecule has 0 saturated heterocycles. The van der Waals surface area contributed by atoms with Gasteiger partial charge in [-0.3, -0.25) is 0 Å². The van der Waals surface area contributed by atoms with Crippen molar-refractivity contribution in [1.82, 2.24) is 0 Å². The molecule has 2 heteroatoms. The maximum Gasteiger partial charge on any atom is 2.00 e. The molecule has 0 aromatic heterocycles. The van der Waals surface area contributed by atoms with Gasteiger partial charge in [-0.1, -0.05) is 281 Å². The Balaban J connectivity index is -0.0000000513. The third kappa shape index (κ3) is 83.2. The summed E-state index contributed by atoms with van der Waals surface area (Å²) in [7, 11) is 0. The number of hydrogen-bond donors (Lipinski definition) is 0. The first-order chi connectivity index (χ1) is 30.4. The van der Waals surface area contributed by atoms with Gasteiger partial charge in [0.05, 0.1) is 0 Å². The van der Waals surface area contributed by atoms with Crippen LogP contribution in [0.25, 0.3) is 0 Å². The maximum atomic E-state index is 3.05. The van der Waals surface area contributed by atoms with Gasteiger partial charge in [-0.2, -0.15) is 72.3 Å². The van der Waals surface area contributed by atoms with Crippen LogP contribution in [0.5, 0.6) is 0 Å². The molecule has 0 unspecified atom stereocenters. The first-order valence-electron chi connectivity index (χ1n) is 24.7. The quantitative estimate of drug-likeness (QED) is 0.157. The van der Waals surface area contributed by atoms with Gasteiger partial charge in [0.25, 0.3) is 0 Å². The van der Waals surface area contributed by atoms with Gasteiger partial charge in [-0.05, 0) is 36.0 Å². The Morgan fingerprint density at radius 1 is 0.286 bits per heavy atom. The fraction of sp³-hybridized carbons (Fsp3) is 0.443. The summed E-state index contributed by atoms with van der Waals surface area (Å²) in [6.45, 7) is 48.0. The molecule has 5 aromatic carbocycles. The molecule has 0 saturated carbocycles. The minimum absolute atomic E-state index is 0. The Morgan fingerprint density at radius 2 is 0.508 bits per heavy atom. The van der Waals surface area contributed by atoms with Crippen LogP contribution in [0, 0.1) is 12.1 Å². The van der Waals surface area contributed by atoms with Crippen molar-refractivity contribution in [3.05, 3.63) is 204 Å². The van der Waals surface area contributed by atoms with E-state index in [1.165, 1.54) is 22.3 Å². The zero-order valence-electron chi connectivity index (χ0n) is 46.1. The van der Waals surface area contributed by atoms with E-state index in [1.54, 1.807) is 0 Å². The van der Waals surface area contributed by atoms with Crippen molar-refractivity contribution in [2.45, 2.75) is 185 Å². The molecule has 362 valence electrons. The number of allylic oxidation sites excluding steroid dienone is 4. The number of benzene rings is 5. The van der Waals surface area contributed by atoms with Crippen LogP contribution in [-0.2, 0) is 55.0 Å². The second-order valence-electron chi connectivity index (χ2n) is 8.39. The summed E-state index contributed by atoms with van der Waals surface area (Å²) in [5.74, 6) is 0. The summed E-state index contributed by atoms with van der Waals surface area (Å²) in [4.78, 5) is 0. The van der Waals surface area contributed by atoms with E-state index in [0.717, 1.165) is 19.3 Å². The van der Waals surface area contributed by atoms with Crippen molar-refractivity contribution >= 4 is 0 Å². The second-order valence-corrected chi connectivity index (χ2v) is 8.39. The average molecular weight is 1210 g/mol. The summed E-state index contributed by atoms with van der Waals surface area (Å²) in [5.41, 5.74) is 5.41. The summed E-state index contributed by atoms with van der Waals surface area (Å²) in [6, 6.07) is 55.3. The largest absolute Gasteiger partial charge is 2.00 e. The predicted octanol–water partition coefficient (Wildman–Crippen LogP) is 21.7. The van der Waals surface area contributed by atoms with Gasteiger partial charge >= 0.3 is 21.1 Å². The van der Waals surface area contributed by atoms with Gasteiger partial charge in [0.2, 0.25) is 0 Å². The molecule has 0 nitrogen and oxygen atoms in total. The summed E-state index contributed by atoms with van der Waals surface area (Å²) in [5, 5.41) is 0. The van der Waals surface area contributed by atoms with Crippen LogP contribution in [0.3, 0.4) is 0 Å². The van der Waals surface area contributed by atoms with Gasteiger partial charge < -0.3 is 0 Å². The zero-order valence-corrected chi connectivity index (χ0v) is 52.0. The van der Waals surface area contributed by atoms with Crippen molar-refractivity contribution in [3.8, 4) is 0 Å². The van der Waals surface area contributed by atoms with Crippen LogP contribution >= 0.6 is 0 Å². The summed E-state index contributed by atoms with van der Waals surface area (Å²) >= 11 is 0. The van der Waals surface area contributed by atoms with Gasteiger partial charge in [-0.25, -0.2) is 0 Å². The average Bonchev–Trinajstić information content (AvgIpc) is 4.03. The second kappa shape index (κ2) is 112. The van der Waals surface area contributed by atoms with Crippen LogP contribution < -0.4 is 0 Å². The van der Waals surface area contributed by atoms with Crippen molar-refractivity contribution in [1.29, 1.82) is 0 Å². The van der Waals surface area contributed by atoms with E-state index in [2.05, 4.69) is 103 Å². The molecule has 0 aliphatic heterocycles. The van der Waals surface area contributed by atoms with E-state index in [9.17, 15) is 0 Å². The van der Waals surface area contributed by atoms with Gasteiger partial charge in [0, 0.05) is 21.1 Å². The Kier molecular flexibility index (Phi) is 162. The number of rotatable bonds is 4. The molecule has 0 atom stereocenters. The molecule has 0 spiro atoms. The minimum atomic E-state index is 0. The number of hydrogen-bond acceptors (Lipinski definition) is 0. The van der Waals surface area contributed by atoms with Crippen molar-refractivity contribution in [2.24, 2.45) is 0 Å². The first-order valence-corrected chi connectivity index (χ1v) is 24.7. The molecule has 6 rings (SSSR count). The first kappa shape index (κ1) is 90.6. The monoisotopic (exact) mass is 1210 g/mol. The molecule has 0 heterocycles.